The van der Waals surface area contributed by atoms with Gasteiger partial charge in [0.25, 0.3) is 5.56 Å². The van der Waals surface area contributed by atoms with Gasteiger partial charge in [-0.1, -0.05) is 35.1 Å². The van der Waals surface area contributed by atoms with E-state index in [4.69, 9.17) is 4.74 Å². The number of aromatic nitrogens is 2. The van der Waals surface area contributed by atoms with Gasteiger partial charge in [-0.25, -0.2) is 4.98 Å². The SMILES string of the molecule is COc1cc(/C=c2\sc3nc(-c4cccc(C)c4)cn3c2=O)cc(Br)c1O. The molecule has 2 aromatic carbocycles. The van der Waals surface area contributed by atoms with Crippen molar-refractivity contribution in [2.24, 2.45) is 0 Å². The molecule has 0 atom stereocenters. The molecule has 2 heterocycles. The summed E-state index contributed by atoms with van der Waals surface area (Å²) in [5.74, 6) is 0.368. The maximum absolute atomic E-state index is 12.8. The Bertz CT molecular complexity index is 1280. The molecule has 0 aliphatic heterocycles. The summed E-state index contributed by atoms with van der Waals surface area (Å²) in [6.45, 7) is 2.03. The Labute approximate surface area is 167 Å². The van der Waals surface area contributed by atoms with Gasteiger partial charge in [0, 0.05) is 11.8 Å². The van der Waals surface area contributed by atoms with Crippen LogP contribution in [0.15, 0.2) is 51.9 Å². The van der Waals surface area contributed by atoms with Gasteiger partial charge in [0.05, 0.1) is 21.8 Å². The number of aryl methyl sites for hydroxylation is 1. The summed E-state index contributed by atoms with van der Waals surface area (Å²) < 4.78 is 7.80. The molecule has 0 bridgehead atoms. The summed E-state index contributed by atoms with van der Waals surface area (Å²) in [5.41, 5.74) is 3.54. The van der Waals surface area contributed by atoms with Crippen LogP contribution >= 0.6 is 27.3 Å². The first-order valence-electron chi connectivity index (χ1n) is 8.13. The molecule has 0 radical (unpaired) electrons. The van der Waals surface area contributed by atoms with E-state index in [-0.39, 0.29) is 11.3 Å². The number of hydrogen-bond donors (Lipinski definition) is 1. The molecule has 0 saturated heterocycles. The van der Waals surface area contributed by atoms with Crippen LogP contribution in [0.4, 0.5) is 0 Å². The maximum atomic E-state index is 12.8. The van der Waals surface area contributed by atoms with Gasteiger partial charge in [0.1, 0.15) is 0 Å². The second-order valence-corrected chi connectivity index (χ2v) is 7.98. The fourth-order valence-electron chi connectivity index (χ4n) is 2.86. The van der Waals surface area contributed by atoms with Gasteiger partial charge in [-0.2, -0.15) is 0 Å². The minimum atomic E-state index is -0.121. The van der Waals surface area contributed by atoms with E-state index in [9.17, 15) is 9.90 Å². The van der Waals surface area contributed by atoms with Gasteiger partial charge in [-0.05, 0) is 52.7 Å². The number of imidazole rings is 1. The lowest BCUT2D eigenvalue weighted by atomic mass is 10.1. The van der Waals surface area contributed by atoms with Gasteiger partial charge < -0.3 is 9.84 Å². The summed E-state index contributed by atoms with van der Waals surface area (Å²) >= 11 is 4.62. The lowest BCUT2D eigenvalue weighted by molar-refractivity contribution is 0.372. The first-order chi connectivity index (χ1) is 13.0. The van der Waals surface area contributed by atoms with Gasteiger partial charge in [0.2, 0.25) is 0 Å². The standard InChI is InChI=1S/C20H15BrN2O3S/c1-11-4-3-5-13(6-11)15-10-23-19(25)17(27-20(23)22-15)9-12-7-14(21)18(24)16(8-12)26-2/h3-10,24H,1-2H3/b17-9-. The van der Waals surface area contributed by atoms with Gasteiger partial charge in [-0.3, -0.25) is 9.20 Å². The lowest BCUT2D eigenvalue weighted by Crippen LogP contribution is -2.22. The van der Waals surface area contributed by atoms with E-state index in [1.807, 2.05) is 31.2 Å². The van der Waals surface area contributed by atoms with E-state index in [2.05, 4.69) is 20.9 Å². The number of fused-ring (bicyclic) bond motifs is 1. The molecular weight excluding hydrogens is 428 g/mol. The Hall–Kier alpha value is -2.64. The van der Waals surface area contributed by atoms with Crippen molar-refractivity contribution in [1.29, 1.82) is 0 Å². The number of thiazole rings is 1. The summed E-state index contributed by atoms with van der Waals surface area (Å²) in [6, 6.07) is 11.4. The third kappa shape index (κ3) is 3.24. The second kappa shape index (κ2) is 6.83. The zero-order valence-corrected chi connectivity index (χ0v) is 17.0. The zero-order valence-electron chi connectivity index (χ0n) is 14.6. The predicted octanol–water partition coefficient (Wildman–Crippen LogP) is 3.76. The molecule has 0 amide bonds. The summed E-state index contributed by atoms with van der Waals surface area (Å²) in [5, 5.41) is 9.92. The van der Waals surface area contributed by atoms with E-state index >= 15 is 0 Å². The number of benzene rings is 2. The summed E-state index contributed by atoms with van der Waals surface area (Å²) in [6.07, 6.45) is 3.54. The van der Waals surface area contributed by atoms with Crippen molar-refractivity contribution in [1.82, 2.24) is 9.38 Å². The number of phenolic OH excluding ortho intramolecular Hbond substituents is 1. The number of rotatable bonds is 3. The molecule has 0 spiro atoms. The van der Waals surface area contributed by atoms with Crippen LogP contribution in [0.25, 0.3) is 22.3 Å². The molecule has 0 fully saturated rings. The van der Waals surface area contributed by atoms with Crippen LogP contribution in [0.5, 0.6) is 11.5 Å². The Morgan fingerprint density at radius 3 is 2.81 bits per heavy atom. The highest BCUT2D eigenvalue weighted by Gasteiger charge is 2.12. The molecule has 0 saturated carbocycles. The number of halogens is 1. The number of methoxy groups -OCH3 is 1. The molecular formula is C20H15BrN2O3S. The van der Waals surface area contributed by atoms with Gasteiger partial charge in [0.15, 0.2) is 16.5 Å². The van der Waals surface area contributed by atoms with E-state index in [0.29, 0.717) is 19.7 Å². The Morgan fingerprint density at radius 2 is 2.11 bits per heavy atom. The van der Waals surface area contributed by atoms with E-state index in [0.717, 1.165) is 22.4 Å². The van der Waals surface area contributed by atoms with E-state index in [1.54, 1.807) is 28.8 Å². The topological polar surface area (TPSA) is 63.8 Å². The molecule has 5 nitrogen and oxygen atoms in total. The van der Waals surface area contributed by atoms with Gasteiger partial charge in [-0.15, -0.1) is 0 Å². The predicted molar refractivity (Wildman–Crippen MR) is 111 cm³/mol. The van der Waals surface area contributed by atoms with Crippen molar-refractivity contribution in [3.05, 3.63) is 73.1 Å². The van der Waals surface area contributed by atoms with Crippen LogP contribution in [0.1, 0.15) is 11.1 Å². The summed E-state index contributed by atoms with van der Waals surface area (Å²) in [7, 11) is 1.48. The normalized spacial score (nSPS) is 12.0. The highest BCUT2D eigenvalue weighted by atomic mass is 79.9. The van der Waals surface area contributed by atoms with Crippen molar-refractivity contribution in [2.75, 3.05) is 7.11 Å². The molecule has 27 heavy (non-hydrogen) atoms. The van der Waals surface area contributed by atoms with Crippen LogP contribution < -0.4 is 14.8 Å². The Morgan fingerprint density at radius 1 is 1.30 bits per heavy atom. The van der Waals surface area contributed by atoms with E-state index < -0.39 is 0 Å². The average Bonchev–Trinajstić information content (AvgIpc) is 3.18. The third-order valence-corrected chi connectivity index (χ3v) is 5.77. The Kier molecular flexibility index (Phi) is 4.49. The highest BCUT2D eigenvalue weighted by Crippen LogP contribution is 2.35. The average molecular weight is 443 g/mol. The van der Waals surface area contributed by atoms with Crippen LogP contribution in [-0.4, -0.2) is 21.6 Å². The van der Waals surface area contributed by atoms with Crippen LogP contribution in [-0.2, 0) is 0 Å². The Balaban J connectivity index is 1.82. The molecule has 0 aliphatic carbocycles. The van der Waals surface area contributed by atoms with Gasteiger partial charge >= 0.3 is 0 Å². The quantitative estimate of drug-likeness (QED) is 0.524. The van der Waals surface area contributed by atoms with Crippen LogP contribution in [0.3, 0.4) is 0 Å². The van der Waals surface area contributed by atoms with Crippen molar-refractivity contribution >= 4 is 38.3 Å². The fourth-order valence-corrected chi connectivity index (χ4v) is 4.28. The first kappa shape index (κ1) is 17.8. The zero-order chi connectivity index (χ0) is 19.1. The number of aromatic hydroxyl groups is 1. The van der Waals surface area contributed by atoms with Crippen molar-refractivity contribution in [2.45, 2.75) is 6.92 Å². The van der Waals surface area contributed by atoms with Crippen LogP contribution in [0, 0.1) is 6.92 Å². The monoisotopic (exact) mass is 442 g/mol. The van der Waals surface area contributed by atoms with Crippen LogP contribution in [0.2, 0.25) is 0 Å². The molecule has 4 aromatic rings. The number of hydrogen-bond acceptors (Lipinski definition) is 5. The second-order valence-electron chi connectivity index (χ2n) is 6.12. The molecule has 1 N–H and O–H groups in total. The maximum Gasteiger partial charge on any atom is 0.274 e. The minimum Gasteiger partial charge on any atom is -0.503 e. The number of phenols is 1. The smallest absolute Gasteiger partial charge is 0.274 e. The molecule has 136 valence electrons. The number of nitrogens with zero attached hydrogens (tertiary/aromatic N) is 2. The van der Waals surface area contributed by atoms with Crippen molar-refractivity contribution < 1.29 is 9.84 Å². The summed E-state index contributed by atoms with van der Waals surface area (Å²) in [4.78, 5) is 18.0. The minimum absolute atomic E-state index is 0.0285. The lowest BCUT2D eigenvalue weighted by Gasteiger charge is -2.06. The van der Waals surface area contributed by atoms with Crippen molar-refractivity contribution in [3.63, 3.8) is 0 Å². The fraction of sp³-hybridized carbons (Fsp3) is 0.100. The largest absolute Gasteiger partial charge is 0.503 e. The molecule has 7 heteroatoms. The number of ether oxygens (including phenoxy) is 1. The first-order valence-corrected chi connectivity index (χ1v) is 9.74. The highest BCUT2D eigenvalue weighted by molar-refractivity contribution is 9.10. The third-order valence-electron chi connectivity index (χ3n) is 4.19. The molecule has 0 unspecified atom stereocenters. The molecule has 2 aromatic heterocycles. The van der Waals surface area contributed by atoms with E-state index in [1.165, 1.54) is 18.4 Å². The van der Waals surface area contributed by atoms with Crippen molar-refractivity contribution in [3.8, 4) is 22.8 Å². The molecule has 0 aliphatic rings. The molecule has 4 rings (SSSR count).